The molecule has 0 aromatic rings. The molecule has 0 N–H and O–H groups in total. The second-order valence-corrected chi connectivity index (χ2v) is 24.1. The Bertz CT molecular complexity index is 1440. The Balaban J connectivity index is 4.19. The standard InChI is InChI=1S/C75H136O6/c1-4-7-10-13-16-19-22-24-26-28-30-32-34-36-37-39-40-42-44-46-48-50-53-56-59-62-65-68-74(77)80-71-72(70-79-73(76)67-64-61-58-55-52-21-18-15-12-9-6-3)81-75(78)69-66-63-60-57-54-51-49-47-45-43-41-38-35-33-31-29-27-25-23-20-17-14-11-8-5-2/h15,18,22-25,28-31,72H,4-14,16-17,19-21,26-27,32-71H2,1-3H3/b18-15-,24-22-,25-23-,30-28-,31-29-. The van der Waals surface area contributed by atoms with Crippen molar-refractivity contribution >= 4 is 17.9 Å². The predicted octanol–water partition coefficient (Wildman–Crippen LogP) is 24.7. The molecular weight excluding hydrogens is 997 g/mol. The van der Waals surface area contributed by atoms with E-state index in [1.807, 2.05) is 0 Å². The summed E-state index contributed by atoms with van der Waals surface area (Å²) in [6.45, 7) is 6.63. The zero-order valence-corrected chi connectivity index (χ0v) is 54.3. The van der Waals surface area contributed by atoms with Crippen molar-refractivity contribution in [2.75, 3.05) is 13.2 Å². The predicted molar refractivity (Wildman–Crippen MR) is 353 cm³/mol. The molecule has 0 amide bonds. The Morgan fingerprint density at radius 1 is 0.247 bits per heavy atom. The third-order valence-electron chi connectivity index (χ3n) is 16.0. The molecule has 0 aliphatic carbocycles. The molecule has 81 heavy (non-hydrogen) atoms. The second-order valence-electron chi connectivity index (χ2n) is 24.1. The molecular formula is C75H136O6. The highest BCUT2D eigenvalue weighted by molar-refractivity contribution is 5.71. The summed E-state index contributed by atoms with van der Waals surface area (Å²) in [6.07, 6.45) is 89.7. The first kappa shape index (κ1) is 78.1. The molecule has 0 aromatic heterocycles. The molecule has 1 unspecified atom stereocenters. The highest BCUT2D eigenvalue weighted by atomic mass is 16.6. The largest absolute Gasteiger partial charge is 0.462 e. The fourth-order valence-corrected chi connectivity index (χ4v) is 10.5. The average molecular weight is 1130 g/mol. The van der Waals surface area contributed by atoms with Gasteiger partial charge >= 0.3 is 17.9 Å². The van der Waals surface area contributed by atoms with Crippen LogP contribution in [0.25, 0.3) is 0 Å². The van der Waals surface area contributed by atoms with Crippen molar-refractivity contribution in [3.8, 4) is 0 Å². The first-order valence-corrected chi connectivity index (χ1v) is 35.8. The van der Waals surface area contributed by atoms with Gasteiger partial charge in [0.15, 0.2) is 6.10 Å². The first-order valence-electron chi connectivity index (χ1n) is 35.8. The van der Waals surface area contributed by atoms with E-state index in [1.165, 1.54) is 263 Å². The minimum Gasteiger partial charge on any atom is -0.462 e. The summed E-state index contributed by atoms with van der Waals surface area (Å²) in [6, 6.07) is 0. The SMILES string of the molecule is CCCC/C=C\CCCCCCCC(=O)OCC(COC(=O)CCCCCCCCCCCCCCCCC/C=C\C/C=C\CCCCCCC)OC(=O)CCCCCCCCCCCCCCC/C=C\C/C=C\CCCCCCC. The molecule has 0 aromatic carbocycles. The third kappa shape index (κ3) is 67.8. The number of esters is 3. The van der Waals surface area contributed by atoms with Crippen molar-refractivity contribution < 1.29 is 28.6 Å². The van der Waals surface area contributed by atoms with Gasteiger partial charge in [0.1, 0.15) is 13.2 Å². The van der Waals surface area contributed by atoms with Crippen LogP contribution in [0.3, 0.4) is 0 Å². The summed E-state index contributed by atoms with van der Waals surface area (Å²) in [7, 11) is 0. The maximum atomic E-state index is 12.9. The molecule has 0 rings (SSSR count). The van der Waals surface area contributed by atoms with Crippen molar-refractivity contribution in [1.29, 1.82) is 0 Å². The number of hydrogen-bond donors (Lipinski definition) is 0. The first-order chi connectivity index (χ1) is 40.0. The lowest BCUT2D eigenvalue weighted by Gasteiger charge is -2.18. The summed E-state index contributed by atoms with van der Waals surface area (Å²) in [5.74, 6) is -0.863. The molecule has 0 aliphatic heterocycles. The van der Waals surface area contributed by atoms with Crippen molar-refractivity contribution in [3.63, 3.8) is 0 Å². The molecule has 0 saturated heterocycles. The molecule has 472 valence electrons. The quantitative estimate of drug-likeness (QED) is 0.0261. The van der Waals surface area contributed by atoms with Crippen LogP contribution in [0.2, 0.25) is 0 Å². The Kier molecular flexibility index (Phi) is 67.1. The van der Waals surface area contributed by atoms with Gasteiger partial charge in [-0.3, -0.25) is 14.4 Å². The molecule has 0 bridgehead atoms. The van der Waals surface area contributed by atoms with Gasteiger partial charge in [0.05, 0.1) is 0 Å². The van der Waals surface area contributed by atoms with E-state index in [0.29, 0.717) is 19.3 Å². The average Bonchev–Trinajstić information content (AvgIpc) is 3.47. The van der Waals surface area contributed by atoms with Crippen LogP contribution in [-0.2, 0) is 28.6 Å². The number of carbonyl (C=O) groups is 3. The van der Waals surface area contributed by atoms with E-state index in [9.17, 15) is 14.4 Å². The van der Waals surface area contributed by atoms with Gasteiger partial charge in [0.25, 0.3) is 0 Å². The highest BCUT2D eigenvalue weighted by Crippen LogP contribution is 2.18. The van der Waals surface area contributed by atoms with Crippen LogP contribution in [0.15, 0.2) is 60.8 Å². The lowest BCUT2D eigenvalue weighted by Crippen LogP contribution is -2.30. The van der Waals surface area contributed by atoms with E-state index < -0.39 is 6.10 Å². The van der Waals surface area contributed by atoms with Crippen molar-refractivity contribution in [1.82, 2.24) is 0 Å². The van der Waals surface area contributed by atoms with Crippen LogP contribution in [0.1, 0.15) is 380 Å². The highest BCUT2D eigenvalue weighted by Gasteiger charge is 2.19. The lowest BCUT2D eigenvalue weighted by atomic mass is 10.0. The Morgan fingerprint density at radius 2 is 0.457 bits per heavy atom. The summed E-state index contributed by atoms with van der Waals surface area (Å²) >= 11 is 0. The van der Waals surface area contributed by atoms with Crippen molar-refractivity contribution in [2.45, 2.75) is 386 Å². The van der Waals surface area contributed by atoms with Crippen molar-refractivity contribution in [2.24, 2.45) is 0 Å². The van der Waals surface area contributed by atoms with E-state index in [4.69, 9.17) is 14.2 Å². The Morgan fingerprint density at radius 3 is 0.728 bits per heavy atom. The van der Waals surface area contributed by atoms with Crippen LogP contribution in [0.5, 0.6) is 0 Å². The normalized spacial score (nSPS) is 12.4. The van der Waals surface area contributed by atoms with Gasteiger partial charge in [-0.05, 0) is 103 Å². The van der Waals surface area contributed by atoms with Gasteiger partial charge in [-0.1, -0.05) is 319 Å². The summed E-state index contributed by atoms with van der Waals surface area (Å²) in [4.78, 5) is 38.4. The van der Waals surface area contributed by atoms with Crippen LogP contribution >= 0.6 is 0 Å². The zero-order valence-electron chi connectivity index (χ0n) is 54.3. The van der Waals surface area contributed by atoms with Crippen LogP contribution in [-0.4, -0.2) is 37.2 Å². The van der Waals surface area contributed by atoms with E-state index in [0.717, 1.165) is 77.0 Å². The van der Waals surface area contributed by atoms with Gasteiger partial charge in [-0.25, -0.2) is 0 Å². The summed E-state index contributed by atoms with van der Waals surface area (Å²) in [5, 5.41) is 0. The van der Waals surface area contributed by atoms with Crippen LogP contribution in [0, 0.1) is 0 Å². The monoisotopic (exact) mass is 1130 g/mol. The minimum absolute atomic E-state index is 0.0738. The van der Waals surface area contributed by atoms with E-state index in [1.54, 1.807) is 0 Å². The van der Waals surface area contributed by atoms with E-state index in [-0.39, 0.29) is 31.1 Å². The summed E-state index contributed by atoms with van der Waals surface area (Å²) < 4.78 is 17.0. The molecule has 6 nitrogen and oxygen atoms in total. The molecule has 1 atom stereocenters. The van der Waals surface area contributed by atoms with E-state index >= 15 is 0 Å². The van der Waals surface area contributed by atoms with E-state index in [2.05, 4.69) is 81.5 Å². The molecule has 0 aliphatic rings. The lowest BCUT2D eigenvalue weighted by molar-refractivity contribution is -0.167. The molecule has 0 spiro atoms. The fourth-order valence-electron chi connectivity index (χ4n) is 10.5. The summed E-state index contributed by atoms with van der Waals surface area (Å²) in [5.41, 5.74) is 0. The molecule has 0 radical (unpaired) electrons. The van der Waals surface area contributed by atoms with Gasteiger partial charge in [0.2, 0.25) is 0 Å². The van der Waals surface area contributed by atoms with Crippen molar-refractivity contribution in [3.05, 3.63) is 60.8 Å². The van der Waals surface area contributed by atoms with Gasteiger partial charge in [-0.2, -0.15) is 0 Å². The van der Waals surface area contributed by atoms with Gasteiger partial charge in [-0.15, -0.1) is 0 Å². The van der Waals surface area contributed by atoms with Gasteiger partial charge < -0.3 is 14.2 Å². The minimum atomic E-state index is -0.778. The number of carbonyl (C=O) groups excluding carboxylic acids is 3. The fraction of sp³-hybridized carbons (Fsp3) is 0.827. The number of unbranched alkanes of at least 4 members (excludes halogenated alkanes) is 45. The molecule has 0 saturated carbocycles. The second kappa shape index (κ2) is 69.6. The smallest absolute Gasteiger partial charge is 0.306 e. The maximum Gasteiger partial charge on any atom is 0.306 e. The molecule has 0 heterocycles. The number of rotatable bonds is 66. The Labute approximate surface area is 504 Å². The third-order valence-corrected chi connectivity index (χ3v) is 16.0. The molecule has 0 fully saturated rings. The topological polar surface area (TPSA) is 78.9 Å². The maximum absolute atomic E-state index is 12.9. The zero-order chi connectivity index (χ0) is 58.5. The molecule has 6 heteroatoms. The Hall–Kier alpha value is -2.89. The number of allylic oxidation sites excluding steroid dienone is 10. The number of hydrogen-bond acceptors (Lipinski definition) is 6. The van der Waals surface area contributed by atoms with Crippen LogP contribution < -0.4 is 0 Å². The number of ether oxygens (including phenoxy) is 3. The van der Waals surface area contributed by atoms with Gasteiger partial charge in [0, 0.05) is 19.3 Å². The van der Waals surface area contributed by atoms with Crippen LogP contribution in [0.4, 0.5) is 0 Å².